The van der Waals surface area contributed by atoms with Crippen molar-refractivity contribution in [1.82, 2.24) is 4.98 Å². The predicted molar refractivity (Wildman–Crippen MR) is 86.5 cm³/mol. The molecule has 0 saturated carbocycles. The van der Waals surface area contributed by atoms with E-state index in [2.05, 4.69) is 4.98 Å². The average molecular weight is 292 g/mol. The van der Waals surface area contributed by atoms with Crippen LogP contribution in [0.1, 0.15) is 5.56 Å². The first kappa shape index (κ1) is 14.2. The van der Waals surface area contributed by atoms with E-state index in [0.717, 1.165) is 27.6 Å². The second kappa shape index (κ2) is 5.95. The Balaban J connectivity index is 2.13. The maximum Gasteiger partial charge on any atom is 0.320 e. The molecule has 4 nitrogen and oxygen atoms in total. The SMILES string of the molecule is N[C@@H](Cc1ccccc1-c1cccc2ncccc12)C(=O)O. The van der Waals surface area contributed by atoms with E-state index in [9.17, 15) is 4.79 Å². The van der Waals surface area contributed by atoms with Crippen molar-refractivity contribution in [2.75, 3.05) is 0 Å². The van der Waals surface area contributed by atoms with E-state index in [1.807, 2.05) is 54.6 Å². The third-order valence-corrected chi connectivity index (χ3v) is 3.71. The fourth-order valence-corrected chi connectivity index (χ4v) is 2.62. The summed E-state index contributed by atoms with van der Waals surface area (Å²) in [5.41, 5.74) is 9.57. The Hall–Kier alpha value is -2.72. The quantitative estimate of drug-likeness (QED) is 0.775. The molecule has 2 aromatic carbocycles. The number of hydrogen-bond acceptors (Lipinski definition) is 3. The normalized spacial score (nSPS) is 12.2. The Morgan fingerprint density at radius 2 is 1.82 bits per heavy atom. The highest BCUT2D eigenvalue weighted by Gasteiger charge is 2.15. The third kappa shape index (κ3) is 2.69. The van der Waals surface area contributed by atoms with Crippen LogP contribution in [0.15, 0.2) is 60.8 Å². The van der Waals surface area contributed by atoms with Crippen LogP contribution < -0.4 is 5.73 Å². The lowest BCUT2D eigenvalue weighted by atomic mass is 9.93. The highest BCUT2D eigenvalue weighted by Crippen LogP contribution is 2.30. The van der Waals surface area contributed by atoms with Gasteiger partial charge in [-0.15, -0.1) is 0 Å². The number of nitrogens with zero attached hydrogens (tertiary/aromatic N) is 1. The zero-order valence-electron chi connectivity index (χ0n) is 11.9. The van der Waals surface area contributed by atoms with Crippen LogP contribution in [-0.4, -0.2) is 22.1 Å². The molecule has 1 aromatic heterocycles. The minimum atomic E-state index is -0.991. The van der Waals surface area contributed by atoms with E-state index >= 15 is 0 Å². The number of carboxylic acid groups (broad SMARTS) is 1. The summed E-state index contributed by atoms with van der Waals surface area (Å²) in [4.78, 5) is 15.4. The zero-order valence-corrected chi connectivity index (χ0v) is 11.9. The molecule has 110 valence electrons. The molecular weight excluding hydrogens is 276 g/mol. The molecule has 0 saturated heterocycles. The van der Waals surface area contributed by atoms with Gasteiger partial charge in [0.15, 0.2) is 0 Å². The summed E-state index contributed by atoms with van der Waals surface area (Å²) in [7, 11) is 0. The molecule has 4 heteroatoms. The third-order valence-electron chi connectivity index (χ3n) is 3.71. The first-order valence-corrected chi connectivity index (χ1v) is 7.07. The van der Waals surface area contributed by atoms with Crippen LogP contribution in [0, 0.1) is 0 Å². The molecule has 0 aliphatic rings. The molecule has 0 spiro atoms. The van der Waals surface area contributed by atoms with E-state index in [4.69, 9.17) is 10.8 Å². The number of aliphatic carboxylic acids is 1. The number of rotatable bonds is 4. The van der Waals surface area contributed by atoms with Gasteiger partial charge in [-0.05, 0) is 35.2 Å². The van der Waals surface area contributed by atoms with Crippen molar-refractivity contribution in [3.63, 3.8) is 0 Å². The van der Waals surface area contributed by atoms with Crippen LogP contribution in [0.2, 0.25) is 0 Å². The van der Waals surface area contributed by atoms with Crippen LogP contribution >= 0.6 is 0 Å². The van der Waals surface area contributed by atoms with Crippen molar-refractivity contribution in [2.45, 2.75) is 12.5 Å². The fourth-order valence-electron chi connectivity index (χ4n) is 2.62. The molecule has 0 aliphatic heterocycles. The molecule has 0 fully saturated rings. The van der Waals surface area contributed by atoms with Gasteiger partial charge in [-0.1, -0.05) is 42.5 Å². The van der Waals surface area contributed by atoms with Crippen LogP contribution in [0.3, 0.4) is 0 Å². The molecule has 0 bridgehead atoms. The Bertz CT molecular complexity index is 825. The average Bonchev–Trinajstić information content (AvgIpc) is 2.55. The molecule has 3 N–H and O–H groups in total. The molecule has 0 radical (unpaired) electrons. The minimum absolute atomic E-state index is 0.294. The number of aromatic nitrogens is 1. The van der Waals surface area contributed by atoms with E-state index < -0.39 is 12.0 Å². The topological polar surface area (TPSA) is 76.2 Å². The lowest BCUT2D eigenvalue weighted by Crippen LogP contribution is -2.32. The van der Waals surface area contributed by atoms with Crippen molar-refractivity contribution in [3.05, 3.63) is 66.4 Å². The van der Waals surface area contributed by atoms with E-state index in [0.29, 0.717) is 6.42 Å². The molecule has 0 amide bonds. The molecular formula is C18H16N2O2. The standard InChI is InChI=1S/C18H16N2O2/c19-16(18(21)22)11-12-5-1-2-6-13(12)14-7-3-9-17-15(14)8-4-10-20-17/h1-10,16H,11,19H2,(H,21,22)/t16-/m0/s1. The van der Waals surface area contributed by atoms with Crippen molar-refractivity contribution in [2.24, 2.45) is 5.73 Å². The molecule has 1 atom stereocenters. The van der Waals surface area contributed by atoms with Gasteiger partial charge in [0.25, 0.3) is 0 Å². The summed E-state index contributed by atoms with van der Waals surface area (Å²) in [6.45, 7) is 0. The molecule has 1 heterocycles. The van der Waals surface area contributed by atoms with Crippen molar-refractivity contribution in [3.8, 4) is 11.1 Å². The number of carbonyl (C=O) groups is 1. The monoisotopic (exact) mass is 292 g/mol. The maximum absolute atomic E-state index is 11.0. The van der Waals surface area contributed by atoms with Gasteiger partial charge in [0, 0.05) is 11.6 Å². The second-order valence-electron chi connectivity index (χ2n) is 5.18. The zero-order chi connectivity index (χ0) is 15.5. The van der Waals surface area contributed by atoms with Gasteiger partial charge < -0.3 is 10.8 Å². The Kier molecular flexibility index (Phi) is 3.85. The molecule has 0 unspecified atom stereocenters. The van der Waals surface area contributed by atoms with Gasteiger partial charge in [0.05, 0.1) is 5.52 Å². The summed E-state index contributed by atoms with van der Waals surface area (Å²) < 4.78 is 0. The Morgan fingerprint density at radius 3 is 2.64 bits per heavy atom. The number of benzene rings is 2. The van der Waals surface area contributed by atoms with Gasteiger partial charge in [0.2, 0.25) is 0 Å². The van der Waals surface area contributed by atoms with Gasteiger partial charge in [-0.25, -0.2) is 0 Å². The number of pyridine rings is 1. The first-order chi connectivity index (χ1) is 10.7. The first-order valence-electron chi connectivity index (χ1n) is 7.07. The maximum atomic E-state index is 11.0. The number of hydrogen-bond donors (Lipinski definition) is 2. The summed E-state index contributed by atoms with van der Waals surface area (Å²) in [5, 5.41) is 10.1. The second-order valence-corrected chi connectivity index (χ2v) is 5.18. The van der Waals surface area contributed by atoms with Crippen LogP contribution in [-0.2, 0) is 11.2 Å². The van der Waals surface area contributed by atoms with Crippen molar-refractivity contribution in [1.29, 1.82) is 0 Å². The van der Waals surface area contributed by atoms with E-state index in [1.165, 1.54) is 0 Å². The van der Waals surface area contributed by atoms with Gasteiger partial charge in [-0.3, -0.25) is 9.78 Å². The summed E-state index contributed by atoms with van der Waals surface area (Å²) in [5.74, 6) is -0.991. The number of fused-ring (bicyclic) bond motifs is 1. The largest absolute Gasteiger partial charge is 0.480 e. The van der Waals surface area contributed by atoms with Gasteiger partial charge >= 0.3 is 5.97 Å². The molecule has 22 heavy (non-hydrogen) atoms. The van der Waals surface area contributed by atoms with E-state index in [-0.39, 0.29) is 0 Å². The number of carboxylic acids is 1. The van der Waals surface area contributed by atoms with Gasteiger partial charge in [0.1, 0.15) is 6.04 Å². The summed E-state index contributed by atoms with van der Waals surface area (Å²) in [6, 6.07) is 16.7. The lowest BCUT2D eigenvalue weighted by Gasteiger charge is -2.13. The van der Waals surface area contributed by atoms with Crippen LogP contribution in [0.4, 0.5) is 0 Å². The molecule has 3 rings (SSSR count). The highest BCUT2D eigenvalue weighted by molar-refractivity contribution is 5.95. The fraction of sp³-hybridized carbons (Fsp3) is 0.111. The summed E-state index contributed by atoms with van der Waals surface area (Å²) >= 11 is 0. The minimum Gasteiger partial charge on any atom is -0.480 e. The Labute approximate surface area is 128 Å². The number of nitrogens with two attached hydrogens (primary N) is 1. The van der Waals surface area contributed by atoms with Crippen LogP contribution in [0.25, 0.3) is 22.0 Å². The highest BCUT2D eigenvalue weighted by atomic mass is 16.4. The van der Waals surface area contributed by atoms with Crippen molar-refractivity contribution >= 4 is 16.9 Å². The van der Waals surface area contributed by atoms with E-state index in [1.54, 1.807) is 6.20 Å². The smallest absolute Gasteiger partial charge is 0.320 e. The van der Waals surface area contributed by atoms with Gasteiger partial charge in [-0.2, -0.15) is 0 Å². The molecule has 3 aromatic rings. The lowest BCUT2D eigenvalue weighted by molar-refractivity contribution is -0.138. The summed E-state index contributed by atoms with van der Waals surface area (Å²) in [6.07, 6.45) is 2.06. The molecule has 0 aliphatic carbocycles. The Morgan fingerprint density at radius 1 is 1.05 bits per heavy atom. The van der Waals surface area contributed by atoms with Crippen LogP contribution in [0.5, 0.6) is 0 Å². The predicted octanol–water partition coefficient (Wildman–Crippen LogP) is 2.86. The van der Waals surface area contributed by atoms with Crippen molar-refractivity contribution < 1.29 is 9.90 Å².